The van der Waals surface area contributed by atoms with Gasteiger partial charge in [-0.05, 0) is 37.6 Å². The van der Waals surface area contributed by atoms with E-state index in [1.165, 1.54) is 37.6 Å². The zero-order valence-electron chi connectivity index (χ0n) is 21.1. The van der Waals surface area contributed by atoms with Gasteiger partial charge in [0.25, 0.3) is 0 Å². The minimum absolute atomic E-state index is 0. The van der Waals surface area contributed by atoms with E-state index in [1.807, 2.05) is 0 Å². The van der Waals surface area contributed by atoms with Gasteiger partial charge in [-0.3, -0.25) is 4.79 Å². The molecule has 0 aromatic heterocycles. The van der Waals surface area contributed by atoms with Crippen molar-refractivity contribution < 1.29 is 91.9 Å². The van der Waals surface area contributed by atoms with E-state index >= 15 is 0 Å². The number of nitrogens with one attached hydrogen (secondary N) is 2. The van der Waals surface area contributed by atoms with Crippen molar-refractivity contribution >= 4 is 18.4 Å². The molecule has 1 aliphatic carbocycles. The van der Waals surface area contributed by atoms with Gasteiger partial charge >= 0.3 is 0 Å². The molecule has 3 fully saturated rings. The van der Waals surface area contributed by atoms with Crippen LogP contribution in [0.5, 0.6) is 11.5 Å². The molecule has 0 spiro atoms. The molecule has 2 aliphatic heterocycles. The Morgan fingerprint density at radius 2 is 1.74 bits per heavy atom. The van der Waals surface area contributed by atoms with Crippen LogP contribution in [0.4, 0.5) is 0 Å². The third kappa shape index (κ3) is 6.62. The van der Waals surface area contributed by atoms with Gasteiger partial charge in [-0.1, -0.05) is 6.07 Å². The molecule has 1 saturated carbocycles. The van der Waals surface area contributed by atoms with Crippen LogP contribution in [-0.4, -0.2) is 117 Å². The average Bonchev–Trinajstić information content (AvgIpc) is 3.48. The van der Waals surface area contributed by atoms with Crippen LogP contribution in [-0.2, 0) is 56.5 Å². The molecule has 8 N–H and O–H groups in total. The average molecular weight is 628 g/mol. The van der Waals surface area contributed by atoms with E-state index in [0.717, 1.165) is 0 Å². The fourth-order valence-corrected chi connectivity index (χ4v) is 4.74. The Hall–Kier alpha value is -1.72. The van der Waals surface area contributed by atoms with Gasteiger partial charge in [-0.25, -0.2) is 0 Å². The molecule has 1 radical (unpaired) electrons. The fourth-order valence-electron chi connectivity index (χ4n) is 4.74. The topological polar surface area (TPSA) is 216 Å². The smallest absolute Gasteiger partial charge is 0.247 e. The summed E-state index contributed by atoms with van der Waals surface area (Å²) in [7, 11) is 0. The molecular weight excluding hydrogens is 597 g/mol. The Labute approximate surface area is 248 Å². The minimum atomic E-state index is -1.49. The Balaban J connectivity index is 0.00000420. The number of amides is 2. The van der Waals surface area contributed by atoms with Crippen LogP contribution in [0.25, 0.3) is 6.08 Å². The molecule has 11 atom stereocenters. The van der Waals surface area contributed by atoms with Gasteiger partial charge in [0, 0.05) is 44.3 Å². The molecule has 4 rings (SSSR count). The van der Waals surface area contributed by atoms with E-state index in [2.05, 4.69) is 10.6 Å². The van der Waals surface area contributed by atoms with Crippen molar-refractivity contribution in [1.82, 2.24) is 10.6 Å². The molecule has 2 saturated heterocycles. The maximum absolute atomic E-state index is 12.7. The van der Waals surface area contributed by atoms with Crippen LogP contribution in [0.1, 0.15) is 19.4 Å². The normalized spacial score (nSPS) is 36.8. The standard InChI is InChI=1S/C24H31N2O12.Y/c1-9(23(34)26-14-15(29)17(31)22-21(16(14)30)35-8-36-22)5-11-3-4-13(12(28)6-11)37-24-19(33)18(32)20(38-24)10(2)25-7-27;/h3-6,10,14-22,24,28-33H,8H2,1-2H3,(H,25,27)(H,26,34);/q-1;/b9-5+;/t10?,14-,15+,16-,17-,18+,19+,20-,21+,22-,24-;/m1./s1. The van der Waals surface area contributed by atoms with Gasteiger partial charge in [-0.2, -0.15) is 6.41 Å². The molecule has 39 heavy (non-hydrogen) atoms. The summed E-state index contributed by atoms with van der Waals surface area (Å²) < 4.78 is 21.5. The molecule has 14 nitrogen and oxygen atoms in total. The number of aliphatic hydroxyl groups excluding tert-OH is 5. The summed E-state index contributed by atoms with van der Waals surface area (Å²) in [4.78, 5) is 23.3. The van der Waals surface area contributed by atoms with Gasteiger partial charge in [0.2, 0.25) is 12.2 Å². The number of carbonyl (C=O) groups is 1. The van der Waals surface area contributed by atoms with Gasteiger partial charge in [0.15, 0.2) is 11.5 Å². The molecular formula is C24H31N2O12Y-. The number of benzene rings is 1. The third-order valence-electron chi connectivity index (χ3n) is 6.91. The van der Waals surface area contributed by atoms with Crippen LogP contribution in [0, 0.1) is 0 Å². The second-order valence-corrected chi connectivity index (χ2v) is 9.51. The van der Waals surface area contributed by atoms with Crippen molar-refractivity contribution in [3.05, 3.63) is 29.3 Å². The summed E-state index contributed by atoms with van der Waals surface area (Å²) in [6.07, 6.45) is -8.20. The van der Waals surface area contributed by atoms with Gasteiger partial charge < -0.3 is 65.0 Å². The van der Waals surface area contributed by atoms with Gasteiger partial charge in [-0.15, -0.1) is 0 Å². The molecule has 1 unspecified atom stereocenters. The van der Waals surface area contributed by atoms with E-state index in [9.17, 15) is 40.2 Å². The predicted molar refractivity (Wildman–Crippen MR) is 126 cm³/mol. The number of aliphatic hydroxyl groups is 5. The Morgan fingerprint density at radius 3 is 2.38 bits per heavy atom. The summed E-state index contributed by atoms with van der Waals surface area (Å²) in [6.45, 7) is 2.88. The first-order valence-corrected chi connectivity index (χ1v) is 11.9. The van der Waals surface area contributed by atoms with E-state index in [0.29, 0.717) is 5.56 Å². The molecule has 0 bridgehead atoms. The molecule has 1 aromatic rings. The fraction of sp³-hybridized carbons (Fsp3) is 0.583. The van der Waals surface area contributed by atoms with Crippen LogP contribution >= 0.6 is 0 Å². The van der Waals surface area contributed by atoms with Crippen LogP contribution in [0.3, 0.4) is 0 Å². The van der Waals surface area contributed by atoms with Crippen molar-refractivity contribution in [3.63, 3.8) is 0 Å². The maximum atomic E-state index is 12.7. The van der Waals surface area contributed by atoms with Crippen molar-refractivity contribution in [2.45, 2.75) is 81.1 Å². The van der Waals surface area contributed by atoms with E-state index in [1.54, 1.807) is 6.92 Å². The Morgan fingerprint density at radius 1 is 1.08 bits per heavy atom. The monoisotopic (exact) mass is 628 g/mol. The van der Waals surface area contributed by atoms with E-state index in [-0.39, 0.29) is 56.6 Å². The van der Waals surface area contributed by atoms with Crippen molar-refractivity contribution in [2.75, 3.05) is 6.79 Å². The SMILES string of the molecule is C/C(=C\c1ccc(O[C@@H]2O[C@H](C(C)N[C-]=O)[C@@H](O)[C@@H]2O)c(O)c1)C(=O)N[C@@H]1[C@H](O)[C@@H](O)[C@H]2OCO[C@H]2[C@@H]1O.[Y]. The van der Waals surface area contributed by atoms with Crippen molar-refractivity contribution in [1.29, 1.82) is 0 Å². The first-order chi connectivity index (χ1) is 18.0. The number of rotatable bonds is 8. The number of fused-ring (bicyclic) bond motifs is 1. The van der Waals surface area contributed by atoms with Crippen molar-refractivity contribution in [2.24, 2.45) is 0 Å². The summed E-state index contributed by atoms with van der Waals surface area (Å²) in [5.74, 6) is -1.06. The Bertz CT molecular complexity index is 1060. The van der Waals surface area contributed by atoms with E-state index < -0.39 is 73.1 Å². The third-order valence-corrected chi connectivity index (χ3v) is 6.91. The zero-order chi connectivity index (χ0) is 27.7. The predicted octanol–water partition coefficient (Wildman–Crippen LogP) is -3.01. The quantitative estimate of drug-likeness (QED) is 0.0821. The summed E-state index contributed by atoms with van der Waals surface area (Å²) >= 11 is 0. The number of ether oxygens (including phenoxy) is 4. The summed E-state index contributed by atoms with van der Waals surface area (Å²) in [5, 5.41) is 66.8. The molecule has 15 heteroatoms. The molecule has 2 amide bonds. The second-order valence-electron chi connectivity index (χ2n) is 9.51. The number of phenolic OH excluding ortho intramolecular Hbond substituents is 1. The van der Waals surface area contributed by atoms with E-state index in [4.69, 9.17) is 18.9 Å². The maximum Gasteiger partial charge on any atom is 0.247 e. The number of phenols is 1. The number of aromatic hydroxyl groups is 1. The largest absolute Gasteiger partial charge is 0.525 e. The minimum Gasteiger partial charge on any atom is -0.525 e. The number of hydrogen-bond acceptors (Lipinski definition) is 12. The number of hydrogen-bond donors (Lipinski definition) is 8. The summed E-state index contributed by atoms with van der Waals surface area (Å²) in [6, 6.07) is 2.28. The first kappa shape index (κ1) is 31.8. The van der Waals surface area contributed by atoms with Crippen LogP contribution in [0.15, 0.2) is 23.8 Å². The van der Waals surface area contributed by atoms with Crippen molar-refractivity contribution in [3.8, 4) is 11.5 Å². The number of carbonyl (C=O) groups excluding carboxylic acids is 2. The summed E-state index contributed by atoms with van der Waals surface area (Å²) in [5.41, 5.74) is 0.552. The van der Waals surface area contributed by atoms with Gasteiger partial charge in [0.05, 0.1) is 6.04 Å². The second kappa shape index (κ2) is 13.3. The molecule has 1 aromatic carbocycles. The molecule has 213 valence electrons. The van der Waals surface area contributed by atoms with Gasteiger partial charge in [0.1, 0.15) is 55.6 Å². The first-order valence-electron chi connectivity index (χ1n) is 11.9. The molecule has 3 aliphatic rings. The zero-order valence-corrected chi connectivity index (χ0v) is 23.9. The van der Waals surface area contributed by atoms with Crippen LogP contribution < -0.4 is 15.4 Å². The Kier molecular flexibility index (Phi) is 10.8. The molecule has 2 heterocycles. The van der Waals surface area contributed by atoms with Crippen LogP contribution in [0.2, 0.25) is 0 Å².